The van der Waals surface area contributed by atoms with E-state index in [1.54, 1.807) is 38.1 Å². The Morgan fingerprint density at radius 3 is 2.33 bits per heavy atom. The molecular weight excluding hydrogens is 400 g/mol. The minimum absolute atomic E-state index is 0.0405. The van der Waals surface area contributed by atoms with Crippen LogP contribution in [0.25, 0.3) is 0 Å². The SMILES string of the molecule is Cc1ccc(N2CCC(CNC(=O)Cc3ccc(S(=O)(=O)C(C)C)cc3)CC2)nn1. The maximum atomic E-state index is 12.3. The van der Waals surface area contributed by atoms with Gasteiger partial charge >= 0.3 is 0 Å². The van der Waals surface area contributed by atoms with Crippen LogP contribution in [-0.2, 0) is 21.1 Å². The Morgan fingerprint density at radius 2 is 1.77 bits per heavy atom. The number of hydrogen-bond donors (Lipinski definition) is 1. The van der Waals surface area contributed by atoms with Crippen molar-refractivity contribution >= 4 is 21.6 Å². The molecule has 0 atom stereocenters. The van der Waals surface area contributed by atoms with Crippen LogP contribution in [0.3, 0.4) is 0 Å². The van der Waals surface area contributed by atoms with E-state index in [0.717, 1.165) is 43.0 Å². The fourth-order valence-corrected chi connectivity index (χ4v) is 4.56. The van der Waals surface area contributed by atoms with Crippen LogP contribution in [0.2, 0.25) is 0 Å². The Kier molecular flexibility index (Phi) is 7.07. The molecular formula is C22H30N4O3S. The fraction of sp³-hybridized carbons (Fsp3) is 0.500. The Labute approximate surface area is 178 Å². The number of piperidine rings is 1. The second-order valence-electron chi connectivity index (χ2n) is 8.18. The van der Waals surface area contributed by atoms with E-state index in [1.807, 2.05) is 19.1 Å². The van der Waals surface area contributed by atoms with Gasteiger partial charge in [0.2, 0.25) is 5.91 Å². The smallest absolute Gasteiger partial charge is 0.224 e. The molecule has 1 fully saturated rings. The highest BCUT2D eigenvalue weighted by atomic mass is 32.2. The summed E-state index contributed by atoms with van der Waals surface area (Å²) in [6.07, 6.45) is 2.25. The van der Waals surface area contributed by atoms with Gasteiger partial charge in [-0.25, -0.2) is 8.42 Å². The first-order chi connectivity index (χ1) is 14.3. The largest absolute Gasteiger partial charge is 0.356 e. The van der Waals surface area contributed by atoms with E-state index in [4.69, 9.17) is 0 Å². The summed E-state index contributed by atoms with van der Waals surface area (Å²) >= 11 is 0. The van der Waals surface area contributed by atoms with E-state index < -0.39 is 15.1 Å². The summed E-state index contributed by atoms with van der Waals surface area (Å²) in [5.41, 5.74) is 1.72. The first-order valence-corrected chi connectivity index (χ1v) is 11.9. The van der Waals surface area contributed by atoms with Crippen molar-refractivity contribution in [1.29, 1.82) is 0 Å². The van der Waals surface area contributed by atoms with Crippen molar-refractivity contribution in [2.45, 2.75) is 50.2 Å². The monoisotopic (exact) mass is 430 g/mol. The number of aryl methyl sites for hydroxylation is 1. The van der Waals surface area contributed by atoms with Crippen LogP contribution in [0.15, 0.2) is 41.3 Å². The molecule has 1 aliphatic heterocycles. The number of nitrogens with one attached hydrogen (secondary N) is 1. The Balaban J connectivity index is 1.44. The third kappa shape index (κ3) is 5.56. The van der Waals surface area contributed by atoms with Crippen molar-refractivity contribution in [3.63, 3.8) is 0 Å². The number of carbonyl (C=O) groups is 1. The number of nitrogens with zero attached hydrogens (tertiary/aromatic N) is 3. The average Bonchev–Trinajstić information content (AvgIpc) is 2.73. The molecule has 8 heteroatoms. The van der Waals surface area contributed by atoms with Crippen LogP contribution in [0.4, 0.5) is 5.82 Å². The quantitative estimate of drug-likeness (QED) is 0.726. The van der Waals surface area contributed by atoms with Gasteiger partial charge in [0.25, 0.3) is 0 Å². The predicted octanol–water partition coefficient (Wildman–Crippen LogP) is 2.54. The molecule has 1 N–H and O–H groups in total. The molecule has 2 aromatic rings. The van der Waals surface area contributed by atoms with E-state index in [2.05, 4.69) is 20.4 Å². The molecule has 1 aliphatic rings. The number of anilines is 1. The van der Waals surface area contributed by atoms with Crippen LogP contribution in [-0.4, -0.2) is 49.4 Å². The first kappa shape index (κ1) is 22.2. The summed E-state index contributed by atoms with van der Waals surface area (Å²) in [5.74, 6) is 1.31. The molecule has 30 heavy (non-hydrogen) atoms. The van der Waals surface area contributed by atoms with Crippen molar-refractivity contribution in [3.8, 4) is 0 Å². The molecule has 7 nitrogen and oxygen atoms in total. The second kappa shape index (κ2) is 9.55. The molecule has 0 saturated carbocycles. The van der Waals surface area contributed by atoms with Gasteiger partial charge in [-0.2, -0.15) is 5.10 Å². The zero-order valence-electron chi connectivity index (χ0n) is 17.8. The lowest BCUT2D eigenvalue weighted by atomic mass is 9.96. The maximum absolute atomic E-state index is 12.3. The van der Waals surface area contributed by atoms with Crippen LogP contribution < -0.4 is 10.2 Å². The molecule has 2 heterocycles. The summed E-state index contributed by atoms with van der Waals surface area (Å²) in [6.45, 7) is 7.72. The van der Waals surface area contributed by atoms with E-state index in [0.29, 0.717) is 17.4 Å². The number of carbonyl (C=O) groups excluding carboxylic acids is 1. The van der Waals surface area contributed by atoms with E-state index in [1.165, 1.54) is 0 Å². The Morgan fingerprint density at radius 1 is 1.10 bits per heavy atom. The van der Waals surface area contributed by atoms with Crippen molar-refractivity contribution in [1.82, 2.24) is 15.5 Å². The lowest BCUT2D eigenvalue weighted by molar-refractivity contribution is -0.120. The number of benzene rings is 1. The highest BCUT2D eigenvalue weighted by Crippen LogP contribution is 2.21. The van der Waals surface area contributed by atoms with Crippen molar-refractivity contribution in [3.05, 3.63) is 47.7 Å². The van der Waals surface area contributed by atoms with Gasteiger partial charge < -0.3 is 10.2 Å². The zero-order valence-corrected chi connectivity index (χ0v) is 18.7. The van der Waals surface area contributed by atoms with Crippen LogP contribution >= 0.6 is 0 Å². The molecule has 0 unspecified atom stereocenters. The van der Waals surface area contributed by atoms with Crippen LogP contribution in [0, 0.1) is 12.8 Å². The van der Waals surface area contributed by atoms with Gasteiger partial charge in [0.15, 0.2) is 15.7 Å². The van der Waals surface area contributed by atoms with E-state index >= 15 is 0 Å². The van der Waals surface area contributed by atoms with Gasteiger partial charge in [-0.3, -0.25) is 4.79 Å². The number of amides is 1. The summed E-state index contributed by atoms with van der Waals surface area (Å²) in [7, 11) is -3.29. The van der Waals surface area contributed by atoms with Crippen LogP contribution in [0.1, 0.15) is 37.9 Å². The summed E-state index contributed by atoms with van der Waals surface area (Å²) in [4.78, 5) is 14.8. The predicted molar refractivity (Wildman–Crippen MR) is 117 cm³/mol. The van der Waals surface area contributed by atoms with Gasteiger partial charge in [0, 0.05) is 19.6 Å². The van der Waals surface area contributed by atoms with Gasteiger partial charge in [0.05, 0.1) is 22.3 Å². The molecule has 3 rings (SSSR count). The fourth-order valence-electron chi connectivity index (χ4n) is 3.50. The minimum Gasteiger partial charge on any atom is -0.356 e. The van der Waals surface area contributed by atoms with Gasteiger partial charge in [0.1, 0.15) is 0 Å². The molecule has 1 amide bonds. The third-order valence-corrected chi connectivity index (χ3v) is 7.72. The number of rotatable bonds is 7. The molecule has 162 valence electrons. The first-order valence-electron chi connectivity index (χ1n) is 10.4. The molecule has 1 aromatic heterocycles. The molecule has 0 aliphatic carbocycles. The van der Waals surface area contributed by atoms with Crippen molar-refractivity contribution in [2.24, 2.45) is 5.92 Å². The number of hydrogen-bond acceptors (Lipinski definition) is 6. The number of aromatic nitrogens is 2. The van der Waals surface area contributed by atoms with Crippen LogP contribution in [0.5, 0.6) is 0 Å². The lowest BCUT2D eigenvalue weighted by Gasteiger charge is -2.32. The summed E-state index contributed by atoms with van der Waals surface area (Å²) in [5, 5.41) is 10.9. The molecule has 0 bridgehead atoms. The number of sulfone groups is 1. The topological polar surface area (TPSA) is 92.3 Å². The Bertz CT molecular complexity index is 949. The molecule has 0 radical (unpaired) electrons. The molecule has 1 aromatic carbocycles. The molecule has 1 saturated heterocycles. The standard InChI is InChI=1S/C22H30N4O3S/c1-16(2)30(28,29)20-7-5-18(6-8-20)14-22(27)23-15-19-10-12-26(13-11-19)21-9-4-17(3)24-25-21/h4-9,16,19H,10-15H2,1-3H3,(H,23,27). The van der Waals surface area contributed by atoms with Gasteiger partial charge in [-0.05, 0) is 69.4 Å². The third-order valence-electron chi connectivity index (χ3n) is 5.55. The minimum atomic E-state index is -3.29. The second-order valence-corrected chi connectivity index (χ2v) is 10.7. The zero-order chi connectivity index (χ0) is 21.7. The van der Waals surface area contributed by atoms with Gasteiger partial charge in [-0.15, -0.1) is 5.10 Å². The Hall–Kier alpha value is -2.48. The highest BCUT2D eigenvalue weighted by Gasteiger charge is 2.21. The summed E-state index contributed by atoms with van der Waals surface area (Å²) in [6, 6.07) is 10.6. The average molecular weight is 431 g/mol. The summed E-state index contributed by atoms with van der Waals surface area (Å²) < 4.78 is 24.4. The van der Waals surface area contributed by atoms with E-state index in [-0.39, 0.29) is 12.3 Å². The van der Waals surface area contributed by atoms with Crippen molar-refractivity contribution in [2.75, 3.05) is 24.5 Å². The van der Waals surface area contributed by atoms with E-state index in [9.17, 15) is 13.2 Å². The normalized spacial score (nSPS) is 15.4. The van der Waals surface area contributed by atoms with Gasteiger partial charge in [-0.1, -0.05) is 12.1 Å². The maximum Gasteiger partial charge on any atom is 0.224 e. The van der Waals surface area contributed by atoms with Crippen molar-refractivity contribution < 1.29 is 13.2 Å². The highest BCUT2D eigenvalue weighted by molar-refractivity contribution is 7.92. The molecule has 0 spiro atoms. The lowest BCUT2D eigenvalue weighted by Crippen LogP contribution is -2.39.